The van der Waals surface area contributed by atoms with Gasteiger partial charge in [0.25, 0.3) is 0 Å². The summed E-state index contributed by atoms with van der Waals surface area (Å²) in [6, 6.07) is 1.82. The molecular weight excluding hydrogens is 338 g/mol. The number of hydrogen-bond donors (Lipinski definition) is 1. The van der Waals surface area contributed by atoms with E-state index in [0.717, 1.165) is 19.2 Å². The van der Waals surface area contributed by atoms with Crippen LogP contribution in [0.3, 0.4) is 0 Å². The average molecular weight is 350 g/mol. The van der Waals surface area contributed by atoms with Crippen LogP contribution in [-0.4, -0.2) is 37.6 Å². The Bertz CT molecular complexity index is 619. The van der Waals surface area contributed by atoms with Crippen LogP contribution >= 0.6 is 11.6 Å². The third kappa shape index (κ3) is 4.53. The summed E-state index contributed by atoms with van der Waals surface area (Å²) >= 11 is 5.62. The van der Waals surface area contributed by atoms with Crippen LogP contribution in [0.2, 0.25) is 5.02 Å². The first-order valence-corrected chi connectivity index (χ1v) is 7.42. The Morgan fingerprint density at radius 3 is 2.38 bits per heavy atom. The molecule has 120 valence electrons. The van der Waals surface area contributed by atoms with Gasteiger partial charge in [-0.1, -0.05) is 11.6 Å². The van der Waals surface area contributed by atoms with E-state index >= 15 is 0 Å². The Kier molecular flexibility index (Phi) is 5.59. The van der Waals surface area contributed by atoms with E-state index in [2.05, 4.69) is 0 Å². The Labute approximate surface area is 124 Å². The largest absolute Gasteiger partial charge is 0.392 e. The minimum atomic E-state index is -4.53. The van der Waals surface area contributed by atoms with Gasteiger partial charge in [0.2, 0.25) is 10.0 Å². The fourth-order valence-electron chi connectivity index (χ4n) is 1.49. The lowest BCUT2D eigenvalue weighted by Crippen LogP contribution is -2.31. The third-order valence-corrected chi connectivity index (χ3v) is 4.72. The van der Waals surface area contributed by atoms with Crippen LogP contribution in [0.1, 0.15) is 12.0 Å². The summed E-state index contributed by atoms with van der Waals surface area (Å²) in [5.41, 5.74) is -0.356. The minimum absolute atomic E-state index is 0.150. The summed E-state index contributed by atoms with van der Waals surface area (Å²) < 4.78 is 74.8. The summed E-state index contributed by atoms with van der Waals surface area (Å²) in [4.78, 5) is -0.872. The first kappa shape index (κ1) is 18.1. The first-order valence-electron chi connectivity index (χ1n) is 5.61. The molecule has 0 saturated heterocycles. The Hall–Kier alpha value is -0.900. The quantitative estimate of drug-likeness (QED) is 0.831. The van der Waals surface area contributed by atoms with Crippen LogP contribution < -0.4 is 0 Å². The molecule has 4 nitrogen and oxygen atoms in total. The molecule has 0 radical (unpaired) electrons. The highest BCUT2D eigenvalue weighted by Crippen LogP contribution is 2.27. The average Bonchev–Trinajstić information content (AvgIpc) is 2.36. The number of alkyl halides is 3. The molecule has 0 aliphatic heterocycles. The van der Waals surface area contributed by atoms with Crippen LogP contribution in [0.4, 0.5) is 17.6 Å². The van der Waals surface area contributed by atoms with Gasteiger partial charge in [0.05, 0.1) is 13.0 Å². The zero-order chi connectivity index (χ0) is 16.4. The summed E-state index contributed by atoms with van der Waals surface area (Å²) in [6.45, 7) is -1.65. The van der Waals surface area contributed by atoms with Crippen LogP contribution in [0.5, 0.6) is 0 Å². The molecule has 10 heteroatoms. The van der Waals surface area contributed by atoms with Gasteiger partial charge in [-0.15, -0.1) is 0 Å². The molecule has 0 aliphatic rings. The topological polar surface area (TPSA) is 57.6 Å². The van der Waals surface area contributed by atoms with Gasteiger partial charge in [-0.05, 0) is 12.1 Å². The summed E-state index contributed by atoms with van der Waals surface area (Å²) in [5.74, 6) is -1.24. The second-order valence-corrected chi connectivity index (χ2v) is 6.68. The van der Waals surface area contributed by atoms with Gasteiger partial charge in [0.1, 0.15) is 10.7 Å². The van der Waals surface area contributed by atoms with Crippen molar-refractivity contribution in [2.45, 2.75) is 24.1 Å². The van der Waals surface area contributed by atoms with Crippen LogP contribution in [0, 0.1) is 5.82 Å². The highest BCUT2D eigenvalue weighted by atomic mass is 35.5. The highest BCUT2D eigenvalue weighted by molar-refractivity contribution is 7.89. The Morgan fingerprint density at radius 1 is 1.33 bits per heavy atom. The number of hydrogen-bond acceptors (Lipinski definition) is 3. The first-order chi connectivity index (χ1) is 9.49. The van der Waals surface area contributed by atoms with E-state index in [1.807, 2.05) is 0 Å². The van der Waals surface area contributed by atoms with Crippen LogP contribution in [0.15, 0.2) is 17.0 Å². The number of aliphatic hydroxyl groups is 1. The van der Waals surface area contributed by atoms with Gasteiger partial charge < -0.3 is 5.11 Å². The van der Waals surface area contributed by atoms with Gasteiger partial charge >= 0.3 is 6.18 Å². The predicted molar refractivity (Wildman–Crippen MR) is 67.8 cm³/mol. The highest BCUT2D eigenvalue weighted by Gasteiger charge is 2.32. The summed E-state index contributed by atoms with van der Waals surface area (Å²) in [7, 11) is -3.58. The van der Waals surface area contributed by atoms with E-state index in [1.54, 1.807) is 0 Å². The smallest absolute Gasteiger partial charge is 0.390 e. The fourth-order valence-corrected chi connectivity index (χ4v) is 3.10. The number of rotatable bonds is 5. The second-order valence-electron chi connectivity index (χ2n) is 4.23. The molecule has 0 bridgehead atoms. The molecule has 0 aliphatic carbocycles. The standard InChI is InChI=1S/C11H12ClF4NO3S/c1-17(3-2-11(14,15)16)21(19,20)9-5-8(12)4-7(6-18)10(9)13/h4-5,18H,2-3,6H2,1H3. The monoisotopic (exact) mass is 349 g/mol. The Morgan fingerprint density at radius 2 is 1.90 bits per heavy atom. The molecule has 0 amide bonds. The van der Waals surface area contributed by atoms with E-state index in [-0.39, 0.29) is 10.6 Å². The van der Waals surface area contributed by atoms with Crippen molar-refractivity contribution in [1.82, 2.24) is 4.31 Å². The van der Waals surface area contributed by atoms with Gasteiger partial charge in [-0.2, -0.15) is 13.2 Å². The molecule has 0 atom stereocenters. The molecule has 0 spiro atoms. The Balaban J connectivity index is 3.16. The predicted octanol–water partition coefficient (Wildman–Crippen LogP) is 2.54. The molecular formula is C11H12ClF4NO3S. The van der Waals surface area contributed by atoms with Crippen molar-refractivity contribution in [3.05, 3.63) is 28.5 Å². The molecule has 0 unspecified atom stereocenters. The molecule has 1 rings (SSSR count). The fraction of sp³-hybridized carbons (Fsp3) is 0.455. The van der Waals surface area contributed by atoms with Crippen molar-refractivity contribution >= 4 is 21.6 Å². The number of sulfonamides is 1. The third-order valence-electron chi connectivity index (χ3n) is 2.65. The number of halogens is 5. The summed E-state index contributed by atoms with van der Waals surface area (Å²) in [6.07, 6.45) is -5.90. The van der Waals surface area contributed by atoms with E-state index < -0.39 is 46.5 Å². The number of benzene rings is 1. The summed E-state index contributed by atoms with van der Waals surface area (Å²) in [5, 5.41) is 8.78. The van der Waals surface area contributed by atoms with Gasteiger partial charge in [0.15, 0.2) is 0 Å². The normalized spacial score (nSPS) is 13.0. The molecule has 1 N–H and O–H groups in total. The van der Waals surface area contributed by atoms with Gasteiger partial charge in [0, 0.05) is 24.2 Å². The minimum Gasteiger partial charge on any atom is -0.392 e. The van der Waals surface area contributed by atoms with Crippen molar-refractivity contribution in [1.29, 1.82) is 0 Å². The second kappa shape index (κ2) is 6.47. The molecule has 21 heavy (non-hydrogen) atoms. The zero-order valence-corrected chi connectivity index (χ0v) is 12.4. The van der Waals surface area contributed by atoms with Crippen molar-refractivity contribution in [2.24, 2.45) is 0 Å². The van der Waals surface area contributed by atoms with Crippen LogP contribution in [-0.2, 0) is 16.6 Å². The SMILES string of the molecule is CN(CCC(F)(F)F)S(=O)(=O)c1cc(Cl)cc(CO)c1F. The molecule has 0 aromatic heterocycles. The van der Waals surface area contributed by atoms with Crippen molar-refractivity contribution in [2.75, 3.05) is 13.6 Å². The molecule has 0 heterocycles. The van der Waals surface area contributed by atoms with E-state index in [4.69, 9.17) is 16.7 Å². The maximum atomic E-state index is 13.9. The lowest BCUT2D eigenvalue weighted by atomic mass is 10.2. The van der Waals surface area contributed by atoms with Gasteiger partial charge in [-0.25, -0.2) is 17.1 Å². The number of aliphatic hydroxyl groups excluding tert-OH is 1. The van der Waals surface area contributed by atoms with Crippen molar-refractivity contribution < 1.29 is 31.1 Å². The van der Waals surface area contributed by atoms with E-state index in [0.29, 0.717) is 4.31 Å². The lowest BCUT2D eigenvalue weighted by molar-refractivity contribution is -0.135. The van der Waals surface area contributed by atoms with Gasteiger partial charge in [-0.3, -0.25) is 0 Å². The van der Waals surface area contributed by atoms with E-state index in [1.165, 1.54) is 0 Å². The van der Waals surface area contributed by atoms with Crippen LogP contribution in [0.25, 0.3) is 0 Å². The zero-order valence-electron chi connectivity index (χ0n) is 10.8. The molecule has 1 aromatic carbocycles. The maximum Gasteiger partial charge on any atom is 0.390 e. The molecule has 0 fully saturated rings. The van der Waals surface area contributed by atoms with Crippen molar-refractivity contribution in [3.63, 3.8) is 0 Å². The molecule has 0 saturated carbocycles. The maximum absolute atomic E-state index is 13.9. The number of nitrogens with zero attached hydrogens (tertiary/aromatic N) is 1. The van der Waals surface area contributed by atoms with Crippen molar-refractivity contribution in [3.8, 4) is 0 Å². The lowest BCUT2D eigenvalue weighted by Gasteiger charge is -2.19. The van der Waals surface area contributed by atoms with E-state index in [9.17, 15) is 26.0 Å². The molecule has 1 aromatic rings.